The van der Waals surface area contributed by atoms with Crippen LogP contribution in [-0.2, 0) is 4.74 Å². The molecule has 1 saturated heterocycles. The Morgan fingerprint density at radius 2 is 1.93 bits per heavy atom. The number of rotatable bonds is 6. The molecule has 0 bridgehead atoms. The minimum Gasteiger partial charge on any atom is -0.373 e. The molecule has 0 aliphatic carbocycles. The lowest BCUT2D eigenvalue weighted by molar-refractivity contribution is -0.0317. The van der Waals surface area contributed by atoms with E-state index in [9.17, 15) is 0 Å². The van der Waals surface area contributed by atoms with E-state index in [0.717, 1.165) is 13.1 Å². The summed E-state index contributed by atoms with van der Waals surface area (Å²) >= 11 is 0. The molecule has 2 atom stereocenters. The van der Waals surface area contributed by atoms with E-state index in [0.29, 0.717) is 12.2 Å². The SMILES string of the molecule is CCCCCCCC1CNCC(C)O1. The minimum absolute atomic E-state index is 0.407. The van der Waals surface area contributed by atoms with E-state index < -0.39 is 0 Å². The lowest BCUT2D eigenvalue weighted by atomic mass is 10.1. The molecule has 0 aromatic rings. The van der Waals surface area contributed by atoms with Gasteiger partial charge in [0.1, 0.15) is 0 Å². The predicted octanol–water partition coefficient (Wildman–Crippen LogP) is 2.72. The van der Waals surface area contributed by atoms with E-state index in [4.69, 9.17) is 4.74 Å². The maximum absolute atomic E-state index is 5.83. The van der Waals surface area contributed by atoms with Crippen LogP contribution >= 0.6 is 0 Å². The molecule has 2 heteroatoms. The van der Waals surface area contributed by atoms with Crippen molar-refractivity contribution in [3.8, 4) is 0 Å². The first-order valence-electron chi connectivity index (χ1n) is 6.19. The highest BCUT2D eigenvalue weighted by molar-refractivity contribution is 4.71. The quantitative estimate of drug-likeness (QED) is 0.664. The van der Waals surface area contributed by atoms with Gasteiger partial charge in [0.05, 0.1) is 12.2 Å². The van der Waals surface area contributed by atoms with E-state index >= 15 is 0 Å². The van der Waals surface area contributed by atoms with Crippen molar-refractivity contribution in [3.63, 3.8) is 0 Å². The average molecular weight is 199 g/mol. The lowest BCUT2D eigenvalue weighted by Crippen LogP contribution is -2.43. The monoisotopic (exact) mass is 199 g/mol. The molecule has 0 aromatic carbocycles. The van der Waals surface area contributed by atoms with Crippen molar-refractivity contribution < 1.29 is 4.74 Å². The van der Waals surface area contributed by atoms with Gasteiger partial charge in [-0.2, -0.15) is 0 Å². The summed E-state index contributed by atoms with van der Waals surface area (Å²) in [7, 11) is 0. The first-order chi connectivity index (χ1) is 6.83. The Morgan fingerprint density at radius 1 is 1.14 bits per heavy atom. The summed E-state index contributed by atoms with van der Waals surface area (Å²) < 4.78 is 5.83. The molecule has 14 heavy (non-hydrogen) atoms. The number of ether oxygens (including phenoxy) is 1. The second kappa shape index (κ2) is 7.24. The minimum atomic E-state index is 0.407. The van der Waals surface area contributed by atoms with Crippen molar-refractivity contribution in [2.75, 3.05) is 13.1 Å². The standard InChI is InChI=1S/C12H25NO/c1-3-4-5-6-7-8-12-10-13-9-11(2)14-12/h11-13H,3-10H2,1-2H3. The molecule has 1 rings (SSSR count). The summed E-state index contributed by atoms with van der Waals surface area (Å²) in [6.45, 7) is 6.48. The van der Waals surface area contributed by atoms with Crippen molar-refractivity contribution >= 4 is 0 Å². The van der Waals surface area contributed by atoms with Gasteiger partial charge in [0.25, 0.3) is 0 Å². The third-order valence-corrected chi connectivity index (χ3v) is 2.86. The van der Waals surface area contributed by atoms with Crippen LogP contribution in [0.3, 0.4) is 0 Å². The zero-order valence-electron chi connectivity index (χ0n) is 9.72. The highest BCUT2D eigenvalue weighted by atomic mass is 16.5. The number of unbranched alkanes of at least 4 members (excludes halogenated alkanes) is 4. The second-order valence-corrected chi connectivity index (χ2v) is 4.43. The molecule has 0 aromatic heterocycles. The molecule has 2 nitrogen and oxygen atoms in total. The summed E-state index contributed by atoms with van der Waals surface area (Å²) in [6, 6.07) is 0. The Hall–Kier alpha value is -0.0800. The van der Waals surface area contributed by atoms with E-state index in [1.165, 1.54) is 38.5 Å². The van der Waals surface area contributed by atoms with E-state index in [1.807, 2.05) is 0 Å². The lowest BCUT2D eigenvalue weighted by Gasteiger charge is -2.28. The molecule has 1 aliphatic heterocycles. The van der Waals surface area contributed by atoms with Crippen LogP contribution in [0.25, 0.3) is 0 Å². The van der Waals surface area contributed by atoms with Crippen molar-refractivity contribution in [3.05, 3.63) is 0 Å². The Bertz CT molecular complexity index is 138. The molecule has 0 amide bonds. The highest BCUT2D eigenvalue weighted by Crippen LogP contribution is 2.12. The summed E-state index contributed by atoms with van der Waals surface area (Å²) in [6.07, 6.45) is 8.94. The molecule has 1 N–H and O–H groups in total. The predicted molar refractivity (Wildman–Crippen MR) is 60.6 cm³/mol. The van der Waals surface area contributed by atoms with Crippen LogP contribution in [0.15, 0.2) is 0 Å². The van der Waals surface area contributed by atoms with Crippen LogP contribution in [0.1, 0.15) is 52.4 Å². The summed E-state index contributed by atoms with van der Waals surface area (Å²) in [4.78, 5) is 0. The first-order valence-corrected chi connectivity index (χ1v) is 6.19. The highest BCUT2D eigenvalue weighted by Gasteiger charge is 2.17. The number of morpholine rings is 1. The smallest absolute Gasteiger partial charge is 0.0703 e. The number of hydrogen-bond donors (Lipinski definition) is 1. The molecule has 0 spiro atoms. The molecule has 1 heterocycles. The fourth-order valence-electron chi connectivity index (χ4n) is 2.02. The fraction of sp³-hybridized carbons (Fsp3) is 1.00. The first kappa shape index (κ1) is 12.0. The van der Waals surface area contributed by atoms with Gasteiger partial charge >= 0.3 is 0 Å². The zero-order valence-corrected chi connectivity index (χ0v) is 9.72. The van der Waals surface area contributed by atoms with Crippen molar-refractivity contribution in [1.82, 2.24) is 5.32 Å². The van der Waals surface area contributed by atoms with Crippen LogP contribution < -0.4 is 5.32 Å². The molecular formula is C12H25NO. The Kier molecular flexibility index (Phi) is 6.20. The summed E-state index contributed by atoms with van der Waals surface area (Å²) in [5.41, 5.74) is 0. The maximum Gasteiger partial charge on any atom is 0.0703 e. The van der Waals surface area contributed by atoms with Gasteiger partial charge in [0.15, 0.2) is 0 Å². The van der Waals surface area contributed by atoms with Crippen LogP contribution in [0.2, 0.25) is 0 Å². The van der Waals surface area contributed by atoms with Gasteiger partial charge in [-0.3, -0.25) is 0 Å². The van der Waals surface area contributed by atoms with Gasteiger partial charge in [-0.25, -0.2) is 0 Å². The van der Waals surface area contributed by atoms with Crippen molar-refractivity contribution in [1.29, 1.82) is 0 Å². The topological polar surface area (TPSA) is 21.3 Å². The van der Waals surface area contributed by atoms with Crippen molar-refractivity contribution in [2.45, 2.75) is 64.6 Å². The molecule has 2 unspecified atom stereocenters. The maximum atomic E-state index is 5.83. The second-order valence-electron chi connectivity index (χ2n) is 4.43. The molecule has 0 radical (unpaired) electrons. The number of hydrogen-bond acceptors (Lipinski definition) is 2. The van der Waals surface area contributed by atoms with Crippen molar-refractivity contribution in [2.24, 2.45) is 0 Å². The molecule has 1 fully saturated rings. The van der Waals surface area contributed by atoms with Crippen LogP contribution in [0.5, 0.6) is 0 Å². The summed E-state index contributed by atoms with van der Waals surface area (Å²) in [5, 5.41) is 3.41. The van der Waals surface area contributed by atoms with Gasteiger partial charge in [-0.1, -0.05) is 39.0 Å². The molecule has 84 valence electrons. The van der Waals surface area contributed by atoms with E-state index in [1.54, 1.807) is 0 Å². The van der Waals surface area contributed by atoms with Crippen LogP contribution in [-0.4, -0.2) is 25.3 Å². The Morgan fingerprint density at radius 3 is 2.64 bits per heavy atom. The normalized spacial score (nSPS) is 27.9. The number of nitrogens with one attached hydrogen (secondary N) is 1. The third-order valence-electron chi connectivity index (χ3n) is 2.86. The van der Waals surface area contributed by atoms with Crippen LogP contribution in [0, 0.1) is 0 Å². The Balaban J connectivity index is 1.95. The summed E-state index contributed by atoms with van der Waals surface area (Å²) in [5.74, 6) is 0. The third kappa shape index (κ3) is 4.97. The average Bonchev–Trinajstić information content (AvgIpc) is 2.18. The zero-order chi connectivity index (χ0) is 10.2. The van der Waals surface area contributed by atoms with E-state index in [2.05, 4.69) is 19.2 Å². The van der Waals surface area contributed by atoms with Crippen LogP contribution in [0.4, 0.5) is 0 Å². The molecule has 0 saturated carbocycles. The van der Waals surface area contributed by atoms with Gasteiger partial charge < -0.3 is 10.1 Å². The fourth-order valence-corrected chi connectivity index (χ4v) is 2.02. The van der Waals surface area contributed by atoms with Gasteiger partial charge in [-0.05, 0) is 13.3 Å². The van der Waals surface area contributed by atoms with E-state index in [-0.39, 0.29) is 0 Å². The Labute approximate surface area is 88.4 Å². The van der Waals surface area contributed by atoms with Gasteiger partial charge in [0, 0.05) is 13.1 Å². The molecular weight excluding hydrogens is 174 g/mol. The largest absolute Gasteiger partial charge is 0.373 e. The van der Waals surface area contributed by atoms with Gasteiger partial charge in [0.2, 0.25) is 0 Å². The molecule has 1 aliphatic rings. The van der Waals surface area contributed by atoms with Gasteiger partial charge in [-0.15, -0.1) is 0 Å².